The second kappa shape index (κ2) is 10.2. The number of aryl methyl sites for hydroxylation is 1. The van der Waals surface area contributed by atoms with Crippen LogP contribution in [0.25, 0.3) is 0 Å². The van der Waals surface area contributed by atoms with Gasteiger partial charge in [-0.2, -0.15) is 0 Å². The zero-order chi connectivity index (χ0) is 23.1. The Morgan fingerprint density at radius 3 is 2.38 bits per heavy atom. The Labute approximate surface area is 185 Å². The van der Waals surface area contributed by atoms with E-state index < -0.39 is 17.8 Å². The van der Waals surface area contributed by atoms with Gasteiger partial charge in [0.2, 0.25) is 0 Å². The summed E-state index contributed by atoms with van der Waals surface area (Å²) in [5, 5.41) is 2.63. The fourth-order valence-electron chi connectivity index (χ4n) is 2.84. The molecule has 0 aliphatic carbocycles. The van der Waals surface area contributed by atoms with Gasteiger partial charge in [-0.3, -0.25) is 9.59 Å². The van der Waals surface area contributed by atoms with Gasteiger partial charge in [0.25, 0.3) is 5.91 Å². The van der Waals surface area contributed by atoms with Crippen molar-refractivity contribution < 1.29 is 28.6 Å². The third kappa shape index (κ3) is 5.91. The molecule has 1 aromatic heterocycles. The van der Waals surface area contributed by atoms with E-state index in [-0.39, 0.29) is 29.3 Å². The Hall–Kier alpha value is -4.20. The molecule has 0 spiro atoms. The highest BCUT2D eigenvalue weighted by molar-refractivity contribution is 6.04. The quantitative estimate of drug-likeness (QED) is 0.444. The zero-order valence-corrected chi connectivity index (χ0v) is 17.9. The SMILES string of the molecule is COC(=O)c1ccc(NC(=O)c2cc(OCc3ccccc3C)cc(OC(C)=O)c2)nc1. The topological polar surface area (TPSA) is 104 Å². The second-order valence-corrected chi connectivity index (χ2v) is 6.88. The van der Waals surface area contributed by atoms with E-state index in [0.717, 1.165) is 11.1 Å². The predicted octanol–water partition coefficient (Wildman–Crippen LogP) is 3.93. The number of carbonyl (C=O) groups is 3. The Morgan fingerprint density at radius 1 is 0.969 bits per heavy atom. The number of nitrogens with one attached hydrogen (secondary N) is 1. The second-order valence-electron chi connectivity index (χ2n) is 6.88. The Morgan fingerprint density at radius 2 is 1.72 bits per heavy atom. The molecule has 8 nitrogen and oxygen atoms in total. The van der Waals surface area contributed by atoms with Crippen molar-refractivity contribution >= 4 is 23.7 Å². The molecular weight excluding hydrogens is 412 g/mol. The lowest BCUT2D eigenvalue weighted by Gasteiger charge is -2.12. The van der Waals surface area contributed by atoms with E-state index in [9.17, 15) is 14.4 Å². The minimum atomic E-state index is -0.528. The van der Waals surface area contributed by atoms with Crippen LogP contribution in [0.15, 0.2) is 60.8 Å². The first kappa shape index (κ1) is 22.5. The van der Waals surface area contributed by atoms with Crippen molar-refractivity contribution in [2.75, 3.05) is 12.4 Å². The Bertz CT molecular complexity index is 1140. The lowest BCUT2D eigenvalue weighted by molar-refractivity contribution is -0.131. The van der Waals surface area contributed by atoms with Gasteiger partial charge in [0.15, 0.2) is 0 Å². The number of nitrogens with zero attached hydrogens (tertiary/aromatic N) is 1. The van der Waals surface area contributed by atoms with E-state index in [1.807, 2.05) is 31.2 Å². The fourth-order valence-corrected chi connectivity index (χ4v) is 2.84. The van der Waals surface area contributed by atoms with Gasteiger partial charge >= 0.3 is 11.9 Å². The molecule has 0 saturated heterocycles. The number of pyridine rings is 1. The van der Waals surface area contributed by atoms with Crippen molar-refractivity contribution in [2.24, 2.45) is 0 Å². The molecule has 0 saturated carbocycles. The number of rotatable bonds is 7. The summed E-state index contributed by atoms with van der Waals surface area (Å²) in [7, 11) is 1.27. The molecule has 0 unspecified atom stereocenters. The molecule has 1 heterocycles. The number of carbonyl (C=O) groups excluding carboxylic acids is 3. The van der Waals surface area contributed by atoms with Crippen LogP contribution in [-0.4, -0.2) is 29.9 Å². The van der Waals surface area contributed by atoms with Crippen molar-refractivity contribution in [3.05, 3.63) is 83.0 Å². The fraction of sp³-hybridized carbons (Fsp3) is 0.167. The Kier molecular flexibility index (Phi) is 7.17. The smallest absolute Gasteiger partial charge is 0.339 e. The molecule has 0 atom stereocenters. The van der Waals surface area contributed by atoms with Crippen LogP contribution in [0.3, 0.4) is 0 Å². The summed E-state index contributed by atoms with van der Waals surface area (Å²) in [5.74, 6) is -0.751. The van der Waals surface area contributed by atoms with Gasteiger partial charge in [-0.05, 0) is 42.3 Å². The van der Waals surface area contributed by atoms with Crippen LogP contribution in [0.2, 0.25) is 0 Å². The first-order chi connectivity index (χ1) is 15.4. The number of hydrogen-bond donors (Lipinski definition) is 1. The first-order valence-corrected chi connectivity index (χ1v) is 9.72. The number of hydrogen-bond acceptors (Lipinski definition) is 7. The highest BCUT2D eigenvalue weighted by Gasteiger charge is 2.14. The van der Waals surface area contributed by atoms with E-state index in [1.54, 1.807) is 12.1 Å². The van der Waals surface area contributed by atoms with Gasteiger partial charge in [-0.15, -0.1) is 0 Å². The van der Waals surface area contributed by atoms with Gasteiger partial charge in [0.1, 0.15) is 23.9 Å². The minimum absolute atomic E-state index is 0.180. The lowest BCUT2D eigenvalue weighted by atomic mass is 10.1. The summed E-state index contributed by atoms with van der Waals surface area (Å²) in [5.41, 5.74) is 2.53. The average molecular weight is 434 g/mol. The molecule has 1 N–H and O–H groups in total. The van der Waals surface area contributed by atoms with E-state index in [0.29, 0.717) is 5.75 Å². The van der Waals surface area contributed by atoms with Crippen LogP contribution in [0.1, 0.15) is 38.8 Å². The molecule has 0 radical (unpaired) electrons. The van der Waals surface area contributed by atoms with Crippen LogP contribution in [-0.2, 0) is 16.1 Å². The highest BCUT2D eigenvalue weighted by atomic mass is 16.5. The van der Waals surface area contributed by atoms with E-state index in [1.165, 1.54) is 38.4 Å². The molecule has 0 fully saturated rings. The van der Waals surface area contributed by atoms with Crippen molar-refractivity contribution in [2.45, 2.75) is 20.5 Å². The first-order valence-electron chi connectivity index (χ1n) is 9.72. The zero-order valence-electron chi connectivity index (χ0n) is 17.9. The maximum Gasteiger partial charge on any atom is 0.339 e. The summed E-state index contributed by atoms with van der Waals surface area (Å²) in [6.45, 7) is 3.53. The molecule has 0 bridgehead atoms. The van der Waals surface area contributed by atoms with Crippen LogP contribution in [0.4, 0.5) is 5.82 Å². The molecule has 0 aliphatic heterocycles. The van der Waals surface area contributed by atoms with Crippen molar-refractivity contribution in [3.63, 3.8) is 0 Å². The maximum atomic E-state index is 12.8. The van der Waals surface area contributed by atoms with Crippen LogP contribution >= 0.6 is 0 Å². The number of esters is 2. The lowest BCUT2D eigenvalue weighted by Crippen LogP contribution is -2.14. The number of ether oxygens (including phenoxy) is 3. The highest BCUT2D eigenvalue weighted by Crippen LogP contribution is 2.25. The van der Waals surface area contributed by atoms with Gasteiger partial charge in [0, 0.05) is 24.8 Å². The molecular formula is C24H22N2O6. The standard InChI is InChI=1S/C24H22N2O6/c1-15-6-4-5-7-18(15)14-31-20-10-19(11-21(12-20)32-16(2)27)23(28)26-22-9-8-17(13-25-22)24(29)30-3/h4-13H,14H2,1-3H3,(H,25,26,28). The van der Waals surface area contributed by atoms with E-state index >= 15 is 0 Å². The molecule has 3 aromatic rings. The van der Waals surface area contributed by atoms with Crippen molar-refractivity contribution in [1.82, 2.24) is 4.98 Å². The maximum absolute atomic E-state index is 12.8. The number of methoxy groups -OCH3 is 1. The van der Waals surface area contributed by atoms with Crippen LogP contribution < -0.4 is 14.8 Å². The summed E-state index contributed by atoms with van der Waals surface area (Å²) in [4.78, 5) is 39.7. The molecule has 164 valence electrons. The predicted molar refractivity (Wildman–Crippen MR) is 117 cm³/mol. The molecule has 32 heavy (non-hydrogen) atoms. The molecule has 8 heteroatoms. The summed E-state index contributed by atoms with van der Waals surface area (Å²) in [6.07, 6.45) is 1.30. The minimum Gasteiger partial charge on any atom is -0.489 e. The largest absolute Gasteiger partial charge is 0.489 e. The van der Waals surface area contributed by atoms with Crippen LogP contribution in [0.5, 0.6) is 11.5 Å². The summed E-state index contributed by atoms with van der Waals surface area (Å²) < 4.78 is 15.6. The van der Waals surface area contributed by atoms with E-state index in [2.05, 4.69) is 15.0 Å². The van der Waals surface area contributed by atoms with Gasteiger partial charge in [-0.1, -0.05) is 24.3 Å². The van der Waals surface area contributed by atoms with Crippen molar-refractivity contribution in [1.29, 1.82) is 0 Å². The number of aromatic nitrogens is 1. The molecule has 1 amide bonds. The number of benzene rings is 2. The Balaban J connectivity index is 1.80. The molecule has 0 aliphatic rings. The van der Waals surface area contributed by atoms with Crippen LogP contribution in [0, 0.1) is 6.92 Å². The van der Waals surface area contributed by atoms with Crippen molar-refractivity contribution in [3.8, 4) is 11.5 Å². The monoisotopic (exact) mass is 434 g/mol. The third-order valence-electron chi connectivity index (χ3n) is 4.49. The normalized spacial score (nSPS) is 10.2. The number of amides is 1. The number of anilines is 1. The van der Waals surface area contributed by atoms with Gasteiger partial charge < -0.3 is 19.5 Å². The van der Waals surface area contributed by atoms with Gasteiger partial charge in [-0.25, -0.2) is 9.78 Å². The summed E-state index contributed by atoms with van der Waals surface area (Å²) >= 11 is 0. The molecule has 2 aromatic carbocycles. The third-order valence-corrected chi connectivity index (χ3v) is 4.49. The summed E-state index contributed by atoms with van der Waals surface area (Å²) in [6, 6.07) is 15.3. The van der Waals surface area contributed by atoms with Gasteiger partial charge in [0.05, 0.1) is 12.7 Å². The average Bonchev–Trinajstić information content (AvgIpc) is 2.78. The van der Waals surface area contributed by atoms with E-state index in [4.69, 9.17) is 9.47 Å². The molecule has 3 rings (SSSR count).